The molecule has 0 bridgehead atoms. The van der Waals surface area contributed by atoms with Crippen LogP contribution >= 0.6 is 0 Å². The summed E-state index contributed by atoms with van der Waals surface area (Å²) in [6.45, 7) is 5.13. The van der Waals surface area contributed by atoms with Crippen LogP contribution in [0, 0.1) is 5.82 Å². The van der Waals surface area contributed by atoms with Crippen molar-refractivity contribution in [2.75, 3.05) is 19.5 Å². The Labute approximate surface area is 275 Å². The standard InChI is InChI=1S/C35H37F4N5O4/c1-34(2,3)48-33(46)40-20-21-8-6-10-25(16-21)44-29(19-30(42-44)35(37,38)39)32(45)41-28-18-23(12-15-27(28)36)31(43(4)24-13-14-24)22-9-7-11-26(17-22)47-5/h6-12,15-19,24,31H,13-14,20H2,1-5H3,(H,40,46)(H,41,45). The van der Waals surface area contributed by atoms with E-state index in [1.807, 2.05) is 31.3 Å². The maximum atomic E-state index is 15.2. The number of amides is 2. The van der Waals surface area contributed by atoms with Crippen molar-refractivity contribution in [2.24, 2.45) is 0 Å². The number of alkyl halides is 3. The monoisotopic (exact) mass is 667 g/mol. The number of anilines is 1. The van der Waals surface area contributed by atoms with Crippen molar-refractivity contribution in [3.8, 4) is 11.4 Å². The van der Waals surface area contributed by atoms with Gasteiger partial charge in [0.15, 0.2) is 5.69 Å². The second kappa shape index (κ2) is 13.7. The molecule has 1 saturated carbocycles. The molecule has 0 spiro atoms. The molecule has 1 atom stereocenters. The van der Waals surface area contributed by atoms with E-state index in [0.717, 1.165) is 23.1 Å². The van der Waals surface area contributed by atoms with Gasteiger partial charge in [-0.05, 0) is 93.7 Å². The Morgan fingerprint density at radius 3 is 2.38 bits per heavy atom. The fourth-order valence-electron chi connectivity index (χ4n) is 5.33. The van der Waals surface area contributed by atoms with Gasteiger partial charge in [-0.3, -0.25) is 9.69 Å². The first-order chi connectivity index (χ1) is 22.6. The molecule has 48 heavy (non-hydrogen) atoms. The highest BCUT2D eigenvalue weighted by Crippen LogP contribution is 2.39. The molecule has 1 aliphatic carbocycles. The highest BCUT2D eigenvalue weighted by Gasteiger charge is 2.37. The highest BCUT2D eigenvalue weighted by molar-refractivity contribution is 6.03. The van der Waals surface area contributed by atoms with Gasteiger partial charge >= 0.3 is 12.3 Å². The Hall–Kier alpha value is -4.91. The molecule has 2 N–H and O–H groups in total. The van der Waals surface area contributed by atoms with Crippen LogP contribution < -0.4 is 15.4 Å². The van der Waals surface area contributed by atoms with Crippen LogP contribution in [0.15, 0.2) is 72.8 Å². The van der Waals surface area contributed by atoms with Crippen LogP contribution in [0.5, 0.6) is 5.75 Å². The third-order valence-corrected chi connectivity index (χ3v) is 7.72. The molecule has 3 aromatic carbocycles. The van der Waals surface area contributed by atoms with Gasteiger partial charge in [0, 0.05) is 18.7 Å². The summed E-state index contributed by atoms with van der Waals surface area (Å²) < 4.78 is 68.2. The summed E-state index contributed by atoms with van der Waals surface area (Å²) in [6.07, 6.45) is -3.52. The van der Waals surface area contributed by atoms with Crippen LogP contribution in [0.4, 0.5) is 28.0 Å². The number of nitrogens with one attached hydrogen (secondary N) is 2. The fraction of sp³-hybridized carbons (Fsp3) is 0.343. The van der Waals surface area contributed by atoms with Crippen molar-refractivity contribution >= 4 is 17.7 Å². The summed E-state index contributed by atoms with van der Waals surface area (Å²) in [4.78, 5) is 27.9. The topological polar surface area (TPSA) is 97.7 Å². The minimum atomic E-state index is -4.86. The van der Waals surface area contributed by atoms with Gasteiger partial charge in [0.05, 0.1) is 24.5 Å². The average Bonchev–Trinajstić information content (AvgIpc) is 3.77. The molecule has 1 aromatic heterocycles. The molecule has 4 aromatic rings. The van der Waals surface area contributed by atoms with Gasteiger partial charge in [-0.25, -0.2) is 13.9 Å². The molecule has 9 nitrogen and oxygen atoms in total. The van der Waals surface area contributed by atoms with E-state index >= 15 is 4.39 Å². The first-order valence-corrected chi connectivity index (χ1v) is 15.3. The largest absolute Gasteiger partial charge is 0.497 e. The van der Waals surface area contributed by atoms with Gasteiger partial charge in [0.1, 0.15) is 22.9 Å². The van der Waals surface area contributed by atoms with E-state index in [9.17, 15) is 22.8 Å². The zero-order valence-corrected chi connectivity index (χ0v) is 27.2. The number of hydrogen-bond acceptors (Lipinski definition) is 6. The number of carbonyl (C=O) groups is 2. The molecule has 254 valence electrons. The number of halogens is 4. The second-order valence-electron chi connectivity index (χ2n) is 12.6. The predicted octanol–water partition coefficient (Wildman–Crippen LogP) is 7.50. The minimum absolute atomic E-state index is 0.000554. The van der Waals surface area contributed by atoms with Crippen molar-refractivity contribution in [3.63, 3.8) is 0 Å². The van der Waals surface area contributed by atoms with Gasteiger partial charge < -0.3 is 20.1 Å². The minimum Gasteiger partial charge on any atom is -0.497 e. The van der Waals surface area contributed by atoms with Gasteiger partial charge in [0.25, 0.3) is 5.91 Å². The van der Waals surface area contributed by atoms with Crippen molar-refractivity contribution < 1.29 is 36.6 Å². The van der Waals surface area contributed by atoms with E-state index in [4.69, 9.17) is 9.47 Å². The Balaban J connectivity index is 1.46. The Bertz CT molecular complexity index is 1800. The lowest BCUT2D eigenvalue weighted by Gasteiger charge is -2.29. The van der Waals surface area contributed by atoms with Gasteiger partial charge in [-0.15, -0.1) is 0 Å². The molecule has 5 rings (SSSR count). The molecule has 0 aliphatic heterocycles. The quantitative estimate of drug-likeness (QED) is 0.170. The zero-order valence-electron chi connectivity index (χ0n) is 27.2. The van der Waals surface area contributed by atoms with Crippen molar-refractivity contribution in [1.29, 1.82) is 0 Å². The molecule has 1 unspecified atom stereocenters. The summed E-state index contributed by atoms with van der Waals surface area (Å²) in [5, 5.41) is 8.74. The summed E-state index contributed by atoms with van der Waals surface area (Å²) in [5.74, 6) is -1.11. The normalized spacial score (nSPS) is 14.0. The number of benzene rings is 3. The van der Waals surface area contributed by atoms with Crippen LogP contribution in [0.2, 0.25) is 0 Å². The first-order valence-electron chi connectivity index (χ1n) is 15.3. The number of ether oxygens (including phenoxy) is 2. The molecule has 0 radical (unpaired) electrons. The molecule has 1 aliphatic rings. The van der Waals surface area contributed by atoms with E-state index in [1.165, 1.54) is 24.3 Å². The third-order valence-electron chi connectivity index (χ3n) is 7.72. The summed E-state index contributed by atoms with van der Waals surface area (Å²) >= 11 is 0. The number of alkyl carbamates (subject to hydrolysis) is 1. The molecule has 13 heteroatoms. The lowest BCUT2D eigenvalue weighted by atomic mass is 9.96. The number of methoxy groups -OCH3 is 1. The number of carbonyl (C=O) groups excluding carboxylic acids is 2. The van der Waals surface area contributed by atoms with Gasteiger partial charge in [-0.2, -0.15) is 18.3 Å². The van der Waals surface area contributed by atoms with Crippen molar-refractivity contribution in [1.82, 2.24) is 20.0 Å². The second-order valence-corrected chi connectivity index (χ2v) is 12.6. The van der Waals surface area contributed by atoms with Crippen LogP contribution in [0.1, 0.15) is 72.5 Å². The zero-order chi connectivity index (χ0) is 34.8. The average molecular weight is 668 g/mol. The predicted molar refractivity (Wildman–Crippen MR) is 172 cm³/mol. The summed E-state index contributed by atoms with van der Waals surface area (Å²) in [7, 11) is 3.54. The lowest BCUT2D eigenvalue weighted by Crippen LogP contribution is -2.32. The van der Waals surface area contributed by atoms with E-state index in [2.05, 4.69) is 20.6 Å². The first kappa shape index (κ1) is 34.4. The number of hydrogen-bond donors (Lipinski definition) is 2. The number of rotatable bonds is 10. The van der Waals surface area contributed by atoms with Crippen molar-refractivity contribution in [3.05, 3.63) is 107 Å². The van der Waals surface area contributed by atoms with E-state index < -0.39 is 41.0 Å². The lowest BCUT2D eigenvalue weighted by molar-refractivity contribution is -0.141. The third kappa shape index (κ3) is 8.32. The maximum Gasteiger partial charge on any atom is 0.435 e. The molecular formula is C35H37F4N5O4. The summed E-state index contributed by atoms with van der Waals surface area (Å²) in [5.41, 5.74) is -0.503. The van der Waals surface area contributed by atoms with Gasteiger partial charge in [0.2, 0.25) is 0 Å². The van der Waals surface area contributed by atoms with Crippen LogP contribution in [0.25, 0.3) is 5.69 Å². The van der Waals surface area contributed by atoms with Crippen molar-refractivity contribution in [2.45, 2.75) is 64.0 Å². The maximum absolute atomic E-state index is 15.2. The van der Waals surface area contributed by atoms with Crippen LogP contribution in [0.3, 0.4) is 0 Å². The fourth-order valence-corrected chi connectivity index (χ4v) is 5.33. The van der Waals surface area contributed by atoms with E-state index in [1.54, 1.807) is 46.1 Å². The SMILES string of the molecule is COc1cccc(C(c2ccc(F)c(NC(=O)c3cc(C(F)(F)F)nn3-c3cccc(CNC(=O)OC(C)(C)C)c3)c2)N(C)C2CC2)c1. The van der Waals surface area contributed by atoms with Gasteiger partial charge in [-0.1, -0.05) is 30.3 Å². The smallest absolute Gasteiger partial charge is 0.435 e. The van der Waals surface area contributed by atoms with E-state index in [0.29, 0.717) is 29.0 Å². The Morgan fingerprint density at radius 1 is 1.00 bits per heavy atom. The molecule has 1 heterocycles. The number of aromatic nitrogens is 2. The van der Waals surface area contributed by atoms with E-state index in [-0.39, 0.29) is 24.0 Å². The molecule has 1 fully saturated rings. The Kier molecular flexibility index (Phi) is 9.81. The summed E-state index contributed by atoms with van der Waals surface area (Å²) in [6, 6.07) is 18.6. The van der Waals surface area contributed by atoms with Crippen LogP contribution in [-0.2, 0) is 17.5 Å². The number of nitrogens with zero attached hydrogens (tertiary/aromatic N) is 3. The molecule has 2 amide bonds. The van der Waals surface area contributed by atoms with Crippen LogP contribution in [-0.4, -0.2) is 52.5 Å². The molecular weight excluding hydrogens is 630 g/mol. The highest BCUT2D eigenvalue weighted by atomic mass is 19.4. The molecule has 0 saturated heterocycles. The Morgan fingerprint density at radius 2 is 1.71 bits per heavy atom.